The fourth-order valence-corrected chi connectivity index (χ4v) is 8.57. The minimum atomic E-state index is -0.0595. The van der Waals surface area contributed by atoms with E-state index in [0.29, 0.717) is 52.2 Å². The van der Waals surface area contributed by atoms with Gasteiger partial charge in [-0.3, -0.25) is 14.6 Å². The molecule has 4 aromatic carbocycles. The van der Waals surface area contributed by atoms with Gasteiger partial charge in [-0.25, -0.2) is 0 Å². The van der Waals surface area contributed by atoms with Crippen LogP contribution in [0.1, 0.15) is 75.1 Å². The molecular weight excluding hydrogens is 654 g/mol. The number of hydrogen-bond acceptors (Lipinski definition) is 8. The summed E-state index contributed by atoms with van der Waals surface area (Å²) in [6, 6.07) is 20.9. The molecule has 5 heterocycles. The number of carbonyl (C=O) groups excluding carboxylic acids is 1. The Hall–Kier alpha value is -4.73. The van der Waals surface area contributed by atoms with E-state index < -0.39 is 0 Å². The van der Waals surface area contributed by atoms with E-state index >= 15 is 0 Å². The molecule has 5 aliphatic rings. The second kappa shape index (κ2) is 14.4. The molecule has 9 heteroatoms. The molecule has 6 bridgehead atoms. The molecule has 0 radical (unpaired) electrons. The van der Waals surface area contributed by atoms with Crippen LogP contribution in [0.4, 0.5) is 0 Å². The van der Waals surface area contributed by atoms with E-state index in [9.17, 15) is 4.79 Å². The Morgan fingerprint density at radius 1 is 0.673 bits per heavy atom. The Morgan fingerprint density at radius 2 is 1.35 bits per heavy atom. The van der Waals surface area contributed by atoms with Crippen LogP contribution in [0, 0.1) is 0 Å². The number of likely N-dealkylation sites (tertiary alicyclic amines) is 1. The second-order valence-corrected chi connectivity index (χ2v) is 14.6. The third-order valence-corrected chi connectivity index (χ3v) is 11.5. The minimum absolute atomic E-state index is 0.0268. The van der Waals surface area contributed by atoms with Crippen molar-refractivity contribution in [1.82, 2.24) is 14.7 Å². The Kier molecular flexibility index (Phi) is 9.49. The van der Waals surface area contributed by atoms with Crippen LogP contribution in [0.2, 0.25) is 0 Å². The number of ether oxygens (including phenoxy) is 5. The van der Waals surface area contributed by atoms with Gasteiger partial charge < -0.3 is 28.6 Å². The molecule has 0 aliphatic carbocycles. The van der Waals surface area contributed by atoms with Crippen molar-refractivity contribution in [3.05, 3.63) is 99.6 Å². The van der Waals surface area contributed by atoms with Crippen molar-refractivity contribution >= 4 is 5.91 Å². The van der Waals surface area contributed by atoms with Crippen LogP contribution in [0.25, 0.3) is 0 Å². The third-order valence-electron chi connectivity index (χ3n) is 11.5. The number of carbonyl (C=O) groups is 1. The number of nitrogens with zero attached hydrogens (tertiary/aromatic N) is 3. The molecule has 1 saturated heterocycles. The highest BCUT2D eigenvalue weighted by Gasteiger charge is 2.35. The second-order valence-electron chi connectivity index (χ2n) is 14.6. The fourth-order valence-electron chi connectivity index (χ4n) is 8.57. The molecule has 1 amide bonds. The molecule has 0 spiro atoms. The molecule has 2 atom stereocenters. The van der Waals surface area contributed by atoms with Crippen LogP contribution < -0.4 is 23.7 Å². The van der Waals surface area contributed by atoms with Crippen molar-refractivity contribution in [2.75, 3.05) is 61.6 Å². The number of fused-ring (bicyclic) bond motifs is 2. The summed E-state index contributed by atoms with van der Waals surface area (Å²) in [6.45, 7) is 3.36. The van der Waals surface area contributed by atoms with E-state index in [-0.39, 0.29) is 18.0 Å². The Bertz CT molecular complexity index is 1970. The molecule has 1 fully saturated rings. The molecule has 4 aromatic rings. The van der Waals surface area contributed by atoms with Gasteiger partial charge in [0.2, 0.25) is 5.75 Å². The molecule has 272 valence electrons. The zero-order chi connectivity index (χ0) is 35.9. The Labute approximate surface area is 307 Å². The maximum Gasteiger partial charge on any atom is 0.257 e. The monoisotopic (exact) mass is 703 g/mol. The number of hydrogen-bond donors (Lipinski definition) is 0. The quantitative estimate of drug-likeness (QED) is 0.214. The Balaban J connectivity index is 1.32. The summed E-state index contributed by atoms with van der Waals surface area (Å²) < 4.78 is 31.7. The summed E-state index contributed by atoms with van der Waals surface area (Å²) in [6.07, 6.45) is 6.45. The van der Waals surface area contributed by atoms with Crippen molar-refractivity contribution in [3.63, 3.8) is 0 Å². The average Bonchev–Trinajstić information content (AvgIpc) is 3.17. The largest absolute Gasteiger partial charge is 0.493 e. The SMILES string of the molecule is COc1cc2c3cc1Oc1c(OC)c(OC)cc4c1[C@@H](Cc1ccc(C(=O)N5CCCCC5)c(c1)Oc1ccc(cc1)C[C@@H]3N(C)CC2)N(C)CC4. The normalized spacial score (nSPS) is 20.1. The van der Waals surface area contributed by atoms with Gasteiger partial charge in [0.05, 0.1) is 26.9 Å². The predicted molar refractivity (Wildman–Crippen MR) is 201 cm³/mol. The van der Waals surface area contributed by atoms with Gasteiger partial charge in [0.25, 0.3) is 5.91 Å². The van der Waals surface area contributed by atoms with Crippen molar-refractivity contribution in [3.8, 4) is 40.2 Å². The summed E-state index contributed by atoms with van der Waals surface area (Å²) in [7, 11) is 9.39. The predicted octanol–water partition coefficient (Wildman–Crippen LogP) is 7.78. The first-order valence-corrected chi connectivity index (χ1v) is 18.6. The molecule has 0 N–H and O–H groups in total. The first-order valence-electron chi connectivity index (χ1n) is 18.6. The average molecular weight is 704 g/mol. The highest BCUT2D eigenvalue weighted by molar-refractivity contribution is 5.97. The summed E-state index contributed by atoms with van der Waals surface area (Å²) in [5.41, 5.74) is 7.57. The Morgan fingerprint density at radius 3 is 2.08 bits per heavy atom. The molecule has 9 nitrogen and oxygen atoms in total. The van der Waals surface area contributed by atoms with Gasteiger partial charge in [0, 0.05) is 43.8 Å². The van der Waals surface area contributed by atoms with Gasteiger partial charge in [0.1, 0.15) is 11.5 Å². The molecule has 0 saturated carbocycles. The van der Waals surface area contributed by atoms with Gasteiger partial charge in [-0.05, 0) is 129 Å². The number of likely N-dealkylation sites (N-methyl/N-ethyl adjacent to an activating group) is 2. The van der Waals surface area contributed by atoms with Crippen LogP contribution in [-0.2, 0) is 25.7 Å². The number of rotatable bonds is 4. The first-order chi connectivity index (χ1) is 25.3. The lowest BCUT2D eigenvalue weighted by atomic mass is 9.87. The zero-order valence-corrected chi connectivity index (χ0v) is 31.0. The van der Waals surface area contributed by atoms with Crippen molar-refractivity contribution < 1.29 is 28.5 Å². The van der Waals surface area contributed by atoms with E-state index in [1.807, 2.05) is 23.1 Å². The van der Waals surface area contributed by atoms with E-state index in [0.717, 1.165) is 81.4 Å². The number of amides is 1. The highest BCUT2D eigenvalue weighted by atomic mass is 16.5. The first kappa shape index (κ1) is 34.4. The molecular formula is C43H49N3O6. The maximum absolute atomic E-state index is 14.0. The van der Waals surface area contributed by atoms with Crippen molar-refractivity contribution in [2.24, 2.45) is 0 Å². The van der Waals surface area contributed by atoms with E-state index in [2.05, 4.69) is 66.4 Å². The van der Waals surface area contributed by atoms with Crippen LogP contribution in [-0.4, -0.2) is 82.2 Å². The number of methoxy groups -OCH3 is 3. The van der Waals surface area contributed by atoms with Gasteiger partial charge in [0.15, 0.2) is 23.0 Å². The van der Waals surface area contributed by atoms with Crippen LogP contribution in [0.5, 0.6) is 40.2 Å². The highest BCUT2D eigenvalue weighted by Crippen LogP contribution is 2.52. The fraction of sp³-hybridized carbons (Fsp3) is 0.419. The van der Waals surface area contributed by atoms with Crippen LogP contribution >= 0.6 is 0 Å². The van der Waals surface area contributed by atoms with E-state index in [1.165, 1.54) is 16.7 Å². The number of benzene rings is 4. The molecule has 5 aliphatic heterocycles. The summed E-state index contributed by atoms with van der Waals surface area (Å²) in [5.74, 6) is 4.49. The molecule has 0 aromatic heterocycles. The summed E-state index contributed by atoms with van der Waals surface area (Å²) in [5, 5.41) is 0. The smallest absolute Gasteiger partial charge is 0.257 e. The summed E-state index contributed by atoms with van der Waals surface area (Å²) in [4.78, 5) is 20.7. The van der Waals surface area contributed by atoms with Crippen molar-refractivity contribution in [1.29, 1.82) is 0 Å². The lowest BCUT2D eigenvalue weighted by Crippen LogP contribution is -2.36. The van der Waals surface area contributed by atoms with Crippen LogP contribution in [0.15, 0.2) is 60.7 Å². The van der Waals surface area contributed by atoms with Gasteiger partial charge >= 0.3 is 0 Å². The third kappa shape index (κ3) is 6.34. The minimum Gasteiger partial charge on any atom is -0.493 e. The lowest BCUT2D eigenvalue weighted by Gasteiger charge is -2.37. The molecule has 9 rings (SSSR count). The van der Waals surface area contributed by atoms with E-state index in [1.54, 1.807) is 21.3 Å². The van der Waals surface area contributed by atoms with Crippen molar-refractivity contribution in [2.45, 2.75) is 57.0 Å². The van der Waals surface area contributed by atoms with E-state index in [4.69, 9.17) is 23.7 Å². The van der Waals surface area contributed by atoms with Gasteiger partial charge in [-0.1, -0.05) is 18.2 Å². The van der Waals surface area contributed by atoms with Gasteiger partial charge in [-0.2, -0.15) is 0 Å². The number of piperidine rings is 1. The zero-order valence-electron chi connectivity index (χ0n) is 31.0. The standard InChI is InChI=1S/C43H49N3O6/c1-44-19-15-29-24-37(48-3)38-26-33(29)34(44)21-27-9-12-31(13-10-27)51-36-23-28(11-14-32(36)43(47)46-17-7-6-8-18-46)22-35-40-30(16-20-45(35)2)25-39(49-4)41(50-5)42(40)52-38/h9-14,23-26,34-35H,6-8,15-22H2,1-5H3/t34-,35+/m0/s1. The lowest BCUT2D eigenvalue weighted by molar-refractivity contribution is 0.0721. The topological polar surface area (TPSA) is 72.9 Å². The van der Waals surface area contributed by atoms with Crippen LogP contribution in [0.3, 0.4) is 0 Å². The van der Waals surface area contributed by atoms with Gasteiger partial charge in [-0.15, -0.1) is 0 Å². The molecule has 52 heavy (non-hydrogen) atoms. The molecule has 0 unspecified atom stereocenters. The summed E-state index contributed by atoms with van der Waals surface area (Å²) >= 11 is 0. The maximum atomic E-state index is 14.0.